The van der Waals surface area contributed by atoms with Gasteiger partial charge in [0.05, 0.1) is 30.2 Å². The van der Waals surface area contributed by atoms with Crippen LogP contribution in [0.3, 0.4) is 0 Å². The van der Waals surface area contributed by atoms with E-state index in [-0.39, 0.29) is 16.7 Å². The summed E-state index contributed by atoms with van der Waals surface area (Å²) in [5.41, 5.74) is 2.52. The van der Waals surface area contributed by atoms with Crippen molar-refractivity contribution in [3.8, 4) is 11.5 Å². The maximum atomic E-state index is 11.3. The first-order chi connectivity index (χ1) is 14.1. The summed E-state index contributed by atoms with van der Waals surface area (Å²) in [4.78, 5) is 17.6. The monoisotopic (exact) mass is 394 g/mol. The number of nitro benzene ring substituents is 1. The number of fused-ring (bicyclic) bond motifs is 1. The fourth-order valence-electron chi connectivity index (χ4n) is 3.74. The molecule has 29 heavy (non-hydrogen) atoms. The Morgan fingerprint density at radius 1 is 1.17 bits per heavy atom. The minimum atomic E-state index is -0.374. The van der Waals surface area contributed by atoms with Crippen LogP contribution in [0.15, 0.2) is 48.7 Å². The Kier molecular flexibility index (Phi) is 5.07. The van der Waals surface area contributed by atoms with Crippen LogP contribution in [0, 0.1) is 10.1 Å². The number of hydrogen-bond donors (Lipinski definition) is 1. The van der Waals surface area contributed by atoms with E-state index in [1.54, 1.807) is 38.6 Å². The Morgan fingerprint density at radius 3 is 2.62 bits per heavy atom. The van der Waals surface area contributed by atoms with Gasteiger partial charge in [0.25, 0.3) is 5.69 Å². The van der Waals surface area contributed by atoms with Crippen LogP contribution < -0.4 is 19.7 Å². The van der Waals surface area contributed by atoms with E-state index in [4.69, 9.17) is 9.47 Å². The number of pyridine rings is 1. The average Bonchev–Trinajstić information content (AvgIpc) is 3.22. The van der Waals surface area contributed by atoms with Gasteiger partial charge in [-0.15, -0.1) is 0 Å². The smallest absolute Gasteiger partial charge is 0.278 e. The lowest BCUT2D eigenvalue weighted by Gasteiger charge is -2.21. The zero-order valence-electron chi connectivity index (χ0n) is 16.3. The van der Waals surface area contributed by atoms with Crippen LogP contribution in [-0.2, 0) is 0 Å². The van der Waals surface area contributed by atoms with Crippen LogP contribution in [0.5, 0.6) is 11.5 Å². The molecule has 4 rings (SSSR count). The second-order valence-electron chi connectivity index (χ2n) is 6.94. The van der Waals surface area contributed by atoms with Crippen LogP contribution in [0.1, 0.15) is 6.42 Å². The van der Waals surface area contributed by atoms with E-state index in [1.807, 2.05) is 18.2 Å². The molecule has 1 aliphatic heterocycles. The minimum absolute atomic E-state index is 0.0650. The van der Waals surface area contributed by atoms with E-state index in [0.717, 1.165) is 42.4 Å². The maximum Gasteiger partial charge on any atom is 0.278 e. The lowest BCUT2D eigenvalue weighted by atomic mass is 10.1. The molecule has 0 saturated carbocycles. The molecule has 1 N–H and O–H groups in total. The van der Waals surface area contributed by atoms with Crippen molar-refractivity contribution in [1.82, 2.24) is 4.98 Å². The molecule has 1 unspecified atom stereocenters. The highest BCUT2D eigenvalue weighted by Crippen LogP contribution is 2.33. The molecular formula is C21H22N4O4. The third kappa shape index (κ3) is 3.73. The van der Waals surface area contributed by atoms with Crippen molar-refractivity contribution in [2.75, 3.05) is 37.5 Å². The number of nitrogens with zero attached hydrogens (tertiary/aromatic N) is 3. The number of hydrogen-bond acceptors (Lipinski definition) is 7. The molecule has 0 aliphatic carbocycles. The molecule has 1 atom stereocenters. The molecule has 150 valence electrons. The van der Waals surface area contributed by atoms with Gasteiger partial charge in [0.1, 0.15) is 17.0 Å². The van der Waals surface area contributed by atoms with Gasteiger partial charge in [0.2, 0.25) is 0 Å². The van der Waals surface area contributed by atoms with Crippen molar-refractivity contribution < 1.29 is 14.4 Å². The standard InChI is InChI=1S/C21H22N4O4/c1-28-16-10-15(11-17(12-16)29-2)24-9-7-14(13-24)23-19-5-6-20(25(26)27)18-4-3-8-22-21(18)19/h3-6,8,10-12,14,23H,7,9,13H2,1-2H3. The van der Waals surface area contributed by atoms with Crippen molar-refractivity contribution >= 4 is 28.0 Å². The van der Waals surface area contributed by atoms with Crippen LogP contribution in [0.2, 0.25) is 0 Å². The second-order valence-corrected chi connectivity index (χ2v) is 6.94. The van der Waals surface area contributed by atoms with Gasteiger partial charge in [0.15, 0.2) is 0 Å². The first-order valence-electron chi connectivity index (χ1n) is 9.35. The van der Waals surface area contributed by atoms with Crippen molar-refractivity contribution in [3.63, 3.8) is 0 Å². The summed E-state index contributed by atoms with van der Waals surface area (Å²) in [6.07, 6.45) is 2.59. The summed E-state index contributed by atoms with van der Waals surface area (Å²) in [6, 6.07) is 12.8. The molecular weight excluding hydrogens is 372 g/mol. The molecule has 0 spiro atoms. The third-order valence-electron chi connectivity index (χ3n) is 5.19. The van der Waals surface area contributed by atoms with Gasteiger partial charge in [0, 0.05) is 55.3 Å². The van der Waals surface area contributed by atoms with Gasteiger partial charge in [-0.25, -0.2) is 0 Å². The number of aromatic nitrogens is 1. The Morgan fingerprint density at radius 2 is 1.93 bits per heavy atom. The Bertz CT molecular complexity index is 1030. The lowest BCUT2D eigenvalue weighted by Crippen LogP contribution is -2.26. The van der Waals surface area contributed by atoms with E-state index in [1.165, 1.54) is 6.07 Å². The van der Waals surface area contributed by atoms with Crippen molar-refractivity contribution in [2.45, 2.75) is 12.5 Å². The number of methoxy groups -OCH3 is 2. The Labute approximate surface area is 168 Å². The van der Waals surface area contributed by atoms with Gasteiger partial charge >= 0.3 is 0 Å². The SMILES string of the molecule is COc1cc(OC)cc(N2CCC(Nc3ccc([N+](=O)[O-])c4cccnc34)C2)c1. The summed E-state index contributed by atoms with van der Waals surface area (Å²) < 4.78 is 10.7. The number of rotatable bonds is 6. The summed E-state index contributed by atoms with van der Waals surface area (Å²) in [5, 5.41) is 15.4. The quantitative estimate of drug-likeness (QED) is 0.502. The number of nitro groups is 1. The molecule has 8 heteroatoms. The maximum absolute atomic E-state index is 11.3. The second kappa shape index (κ2) is 7.83. The van der Waals surface area contributed by atoms with Gasteiger partial charge in [-0.05, 0) is 24.6 Å². The number of non-ortho nitro benzene ring substituents is 1. The molecule has 0 bridgehead atoms. The molecule has 1 aliphatic rings. The largest absolute Gasteiger partial charge is 0.497 e. The summed E-state index contributed by atoms with van der Waals surface area (Å²) in [5.74, 6) is 1.50. The fraction of sp³-hybridized carbons (Fsp3) is 0.286. The highest BCUT2D eigenvalue weighted by molar-refractivity contribution is 5.96. The van der Waals surface area contributed by atoms with E-state index < -0.39 is 0 Å². The molecule has 0 amide bonds. The Balaban J connectivity index is 1.56. The topological polar surface area (TPSA) is 89.8 Å². The molecule has 2 aromatic carbocycles. The van der Waals surface area contributed by atoms with E-state index in [2.05, 4.69) is 15.2 Å². The van der Waals surface area contributed by atoms with Crippen LogP contribution >= 0.6 is 0 Å². The predicted molar refractivity (Wildman–Crippen MR) is 112 cm³/mol. The van der Waals surface area contributed by atoms with E-state index in [9.17, 15) is 10.1 Å². The van der Waals surface area contributed by atoms with Crippen molar-refractivity contribution in [1.29, 1.82) is 0 Å². The Hall–Kier alpha value is -3.55. The zero-order valence-corrected chi connectivity index (χ0v) is 16.3. The highest BCUT2D eigenvalue weighted by Gasteiger charge is 2.25. The molecule has 1 saturated heterocycles. The molecule has 2 heterocycles. The first-order valence-corrected chi connectivity index (χ1v) is 9.35. The van der Waals surface area contributed by atoms with Gasteiger partial charge in [-0.1, -0.05) is 0 Å². The number of ether oxygens (including phenoxy) is 2. The summed E-state index contributed by atoms with van der Waals surface area (Å²) >= 11 is 0. The normalized spacial score (nSPS) is 16.1. The van der Waals surface area contributed by atoms with Crippen LogP contribution in [0.4, 0.5) is 17.1 Å². The van der Waals surface area contributed by atoms with Crippen molar-refractivity contribution in [3.05, 3.63) is 58.8 Å². The average molecular weight is 394 g/mol. The number of benzene rings is 2. The predicted octanol–water partition coefficient (Wildman–Crippen LogP) is 3.85. The molecule has 1 fully saturated rings. The lowest BCUT2D eigenvalue weighted by molar-refractivity contribution is -0.383. The van der Waals surface area contributed by atoms with Crippen molar-refractivity contribution in [2.24, 2.45) is 0 Å². The van der Waals surface area contributed by atoms with Gasteiger partial charge in [-0.2, -0.15) is 0 Å². The van der Waals surface area contributed by atoms with Crippen LogP contribution in [0.25, 0.3) is 10.9 Å². The van der Waals surface area contributed by atoms with Gasteiger partial charge in [-0.3, -0.25) is 15.1 Å². The molecule has 8 nitrogen and oxygen atoms in total. The van der Waals surface area contributed by atoms with E-state index in [0.29, 0.717) is 10.9 Å². The first kappa shape index (κ1) is 18.8. The van der Waals surface area contributed by atoms with E-state index >= 15 is 0 Å². The highest BCUT2D eigenvalue weighted by atomic mass is 16.6. The fourth-order valence-corrected chi connectivity index (χ4v) is 3.74. The summed E-state index contributed by atoms with van der Waals surface area (Å²) in [6.45, 7) is 1.67. The van der Waals surface area contributed by atoms with Gasteiger partial charge < -0.3 is 19.7 Å². The third-order valence-corrected chi connectivity index (χ3v) is 5.19. The zero-order chi connectivity index (χ0) is 20.4. The molecule has 3 aromatic rings. The number of nitrogens with one attached hydrogen (secondary N) is 1. The number of anilines is 2. The van der Waals surface area contributed by atoms with Crippen LogP contribution in [-0.4, -0.2) is 43.3 Å². The molecule has 1 aromatic heterocycles. The minimum Gasteiger partial charge on any atom is -0.497 e. The summed E-state index contributed by atoms with van der Waals surface area (Å²) in [7, 11) is 3.28. The molecule has 0 radical (unpaired) electrons.